The molecule has 17 heterocycles. The number of nitrogens with one attached hydrogen (secondary N) is 4. The summed E-state index contributed by atoms with van der Waals surface area (Å²) in [7, 11) is -11.1. The van der Waals surface area contributed by atoms with Crippen LogP contribution in [0.25, 0.3) is 98.6 Å². The van der Waals surface area contributed by atoms with Gasteiger partial charge in [-0.2, -0.15) is 54.5 Å². The Kier molecular flexibility index (Phi) is 43.2. The minimum atomic E-state index is -3.34. The van der Waals surface area contributed by atoms with Crippen molar-refractivity contribution in [3.05, 3.63) is 185 Å². The van der Waals surface area contributed by atoms with Crippen molar-refractivity contribution < 1.29 is 64.6 Å². The normalized spacial score (nSPS) is 14.2. The van der Waals surface area contributed by atoms with Gasteiger partial charge in [-0.3, -0.25) is 29.1 Å². The fourth-order valence-electron chi connectivity index (χ4n) is 13.6. The molecule has 0 unspecified atom stereocenters. The Bertz CT molecular complexity index is 7080. The molecule has 14 aromatic rings. The van der Waals surface area contributed by atoms with Crippen LogP contribution in [0.15, 0.2) is 123 Å². The van der Waals surface area contributed by atoms with Crippen molar-refractivity contribution in [1.29, 1.82) is 21.0 Å². The molecule has 41 nitrogen and oxygen atoms in total. The third-order valence-corrected chi connectivity index (χ3v) is 34.1. The molecule has 3 saturated heterocycles. The Hall–Kier alpha value is -10.8. The molecule has 54 heteroatoms. The number of nitrogens with zero attached hydrogens (tertiary/aromatic N) is 27. The first-order valence-electron chi connectivity index (χ1n) is 45.0. The summed E-state index contributed by atoms with van der Waals surface area (Å²) in [4.78, 5) is 51.7. The Labute approximate surface area is 879 Å². The number of ether oxygens (including phenoxy) is 4. The molecular weight excluding hydrogens is 2110 g/mol. The van der Waals surface area contributed by atoms with E-state index in [1.807, 2.05) is 101 Å². The quantitative estimate of drug-likeness (QED) is 0.00811. The number of aromatic nitrogens is 23. The molecule has 3 aliphatic rings. The fraction of sp³-hybridized carbons (Fsp3) is 0.444. The van der Waals surface area contributed by atoms with Crippen molar-refractivity contribution in [3.8, 4) is 45.9 Å². The number of hydrogen-bond acceptors (Lipinski definition) is 28. The minimum Gasteiger partial charge on any atom is -0.512 e. The summed E-state index contributed by atoms with van der Waals surface area (Å²) < 4.78 is 93.7. The number of rotatable bonds is 30. The number of halogens is 5. The van der Waals surface area contributed by atoms with E-state index in [4.69, 9.17) is 128 Å². The van der Waals surface area contributed by atoms with Gasteiger partial charge in [0.1, 0.15) is 71.1 Å². The van der Waals surface area contributed by atoms with E-state index >= 15 is 0 Å². The maximum absolute atomic E-state index is 12.3. The van der Waals surface area contributed by atoms with Crippen LogP contribution in [0.5, 0.6) is 0 Å². The molecule has 0 saturated carbocycles. The first-order chi connectivity index (χ1) is 67.6. The summed E-state index contributed by atoms with van der Waals surface area (Å²) in [5.74, 6) is 0.285. The van der Waals surface area contributed by atoms with Crippen LogP contribution in [0.3, 0.4) is 0 Å². The predicted molar refractivity (Wildman–Crippen MR) is 563 cm³/mol. The largest absolute Gasteiger partial charge is 2.00 e. The molecule has 0 radical (unpaired) electrons. The summed E-state index contributed by atoms with van der Waals surface area (Å²) in [6.45, 7) is 69.2. The van der Waals surface area contributed by atoms with E-state index in [0.717, 1.165) is 104 Å². The summed E-state index contributed by atoms with van der Waals surface area (Å²) in [5.41, 5.74) is 8.39. The molecule has 4 N–H and O–H groups in total. The van der Waals surface area contributed by atoms with Gasteiger partial charge in [-0.15, -0.1) is 33.1 Å². The molecule has 0 spiro atoms. The summed E-state index contributed by atoms with van der Waals surface area (Å²) in [6, 6.07) is 18.0. The van der Waals surface area contributed by atoms with Crippen molar-refractivity contribution in [2.24, 2.45) is 0 Å². The predicted octanol–water partition coefficient (Wildman–Crippen LogP) is 18.2. The van der Waals surface area contributed by atoms with Gasteiger partial charge in [-0.05, 0) is 136 Å². The Balaban J connectivity index is 0.000000211. The molecule has 0 bridgehead atoms. The third-order valence-electron chi connectivity index (χ3n) is 22.6. The minimum absolute atomic E-state index is 0. The van der Waals surface area contributed by atoms with Gasteiger partial charge in [-0.25, -0.2) is 31.8 Å². The van der Waals surface area contributed by atoms with Crippen LogP contribution in [0, 0.1) is 59.5 Å². The third kappa shape index (κ3) is 32.6. The molecule has 0 amide bonds. The zero-order valence-electron chi connectivity index (χ0n) is 83.6. The average molecular weight is 2220 g/mol. The Morgan fingerprint density at radius 2 is 0.882 bits per heavy atom. The monoisotopic (exact) mass is 2220 g/mol. The summed E-state index contributed by atoms with van der Waals surface area (Å²) in [5, 5.41) is 60.2. The van der Waals surface area contributed by atoms with Crippen molar-refractivity contribution >= 4 is 190 Å². The standard InChI is InChI=1S/C23H30N8O3SSi.C16H20N6OSi.C15H20ClN5OSi.C12H17Cl2N3OSi.C9H15BN2O2.C7H10N2O2S.C6H3Cl2N3.2CN.Zn/c1-6-35(32,33)30-15-23(16-30,8-9-24)31-14-18(13-26-31)20-19-7-10-29(17-34-11-12-36(3,4)5)21(19)28-22(25-2)27-20;1-17-16-20-14(12-9-18-19-10-12)13-5-6-22(15(13)21-16)11-23-7-8-24(2,3)4;1-23(2,3)7-6-22-10-21-5-4-12-13(11-8-17-18-9-11)19-15(16)20-14(12)21;1-19(2,3)7-6-18-8-17-5-4-9-10(13)15-12(14)16-11(9)17;1-8(2)9(3,4)14-10(13-8)7-5-11-12-6-7;1-2-12(10,11)9-5-7(6-9)3-4-8;7-4-3-1-2-9-5(3)11-6(8)10-4;2*1-2;/h7,10,13-14H,6,8,11-12,15-17H2,1,3-5H3;5-6,9-10H,7-8,11H2,2-4H3,(H,18,19);4-5,8-9H,6-7,10H2,1-3H3,(H,17,18);4-5H,6-8H2,1-3H3;5-6H,1-4H3,(H,11,12);3H,2,5-6H2,1H3;1-2H,(H,9,10,11);;;/q;;;;;;;2*-1;+2. The van der Waals surface area contributed by atoms with Crippen LogP contribution in [0.1, 0.15) is 48.0 Å². The van der Waals surface area contributed by atoms with Crippen LogP contribution in [-0.2, 0) is 100 Å². The number of H-pyrrole nitrogens is 4. The number of nitriles is 2. The SMILES string of the molecule is CC1(C)OB(c2cn[nH]c2)OC1(C)C.CCS(=O)(=O)N1CC(=CC#N)C1.C[Si](C)(C)CCOCn1ccc2c(-c3cn[nH]c3)nc(Cl)nc21.C[Si](C)(C)CCOCn1ccc2c(Cl)nc(Cl)nc21.Clc1nc(Cl)c2cc[nH]c2n1.[C-]#N.[C-]#N.[C-]#[N+]c1nc(-c2cn[nH]c2)c2ccn(COCC[Si](C)(C)C)c2n1.[C-]#[N+]c1nc(-c2cnn(C3(CC#N)CN(S(=O)(=O)CC)C3)c2)c2ccn(COCC[Si](C)(C)C)c2n1.[Zn+2]. The van der Waals surface area contributed by atoms with Gasteiger partial charge >= 0.3 is 38.5 Å². The summed E-state index contributed by atoms with van der Waals surface area (Å²) in [6.07, 6.45) is 24.8. The van der Waals surface area contributed by atoms with E-state index in [1.165, 1.54) is 14.7 Å². The maximum atomic E-state index is 12.3. The van der Waals surface area contributed by atoms with Gasteiger partial charge in [0.05, 0.1) is 98.2 Å². The Morgan fingerprint density at radius 3 is 1.28 bits per heavy atom. The molecule has 3 fully saturated rings. The molecule has 0 atom stereocenters. The van der Waals surface area contributed by atoms with Gasteiger partial charge in [0.2, 0.25) is 47.2 Å². The van der Waals surface area contributed by atoms with Gasteiger partial charge in [0.15, 0.2) is 0 Å². The van der Waals surface area contributed by atoms with E-state index < -0.39 is 57.9 Å². The molecule has 0 aliphatic carbocycles. The molecular formula is C90H115BCl5N31O10S2Si4Zn. The zero-order chi connectivity index (χ0) is 105. The van der Waals surface area contributed by atoms with Crippen molar-refractivity contribution in [2.75, 3.05) is 64.1 Å². The second-order valence-corrected chi connectivity index (χ2v) is 67.4. The average Bonchev–Trinajstić information content (AvgIpc) is 1.47. The van der Waals surface area contributed by atoms with Crippen molar-refractivity contribution in [3.63, 3.8) is 0 Å². The maximum Gasteiger partial charge on any atom is 2.00 e. The second kappa shape index (κ2) is 52.5. The van der Waals surface area contributed by atoms with Crippen molar-refractivity contribution in [1.82, 2.24) is 122 Å². The molecule has 0 aromatic carbocycles. The molecule has 144 heavy (non-hydrogen) atoms. The molecule has 17 rings (SSSR count). The van der Waals surface area contributed by atoms with Gasteiger partial charge in [0, 0.05) is 169 Å². The molecule has 3 aliphatic heterocycles. The van der Waals surface area contributed by atoms with Crippen LogP contribution >= 0.6 is 58.0 Å². The number of fused-ring (bicyclic) bond motifs is 5. The van der Waals surface area contributed by atoms with Crippen LogP contribution in [0.4, 0.5) is 11.9 Å². The number of allylic oxidation sites excluding steroid dienone is 1. The van der Waals surface area contributed by atoms with Crippen molar-refractivity contribution in [2.45, 2.75) is 194 Å². The zero-order valence-corrected chi connectivity index (χ0v) is 95.9. The topological polar surface area (TPSA) is 502 Å². The number of sulfonamides is 2. The number of aromatic amines is 4. The van der Waals surface area contributed by atoms with E-state index in [0.29, 0.717) is 96.5 Å². The number of hydrogen-bond donors (Lipinski definition) is 4. The van der Waals surface area contributed by atoms with Gasteiger partial charge < -0.3 is 75.7 Å². The Morgan fingerprint density at radius 1 is 0.500 bits per heavy atom. The van der Waals surface area contributed by atoms with Gasteiger partial charge in [-0.1, -0.05) is 102 Å². The van der Waals surface area contributed by atoms with Crippen LogP contribution in [-0.4, -0.2) is 254 Å². The second-order valence-electron chi connectivity index (χ2n) is 38.7. The fourth-order valence-corrected chi connectivity index (χ4v) is 20.0. The van der Waals surface area contributed by atoms with Gasteiger partial charge in [0.25, 0.3) is 0 Å². The first-order valence-corrected chi connectivity index (χ1v) is 64.9. The van der Waals surface area contributed by atoms with E-state index in [2.05, 4.69) is 185 Å². The molecule has 758 valence electrons. The first kappa shape index (κ1) is 118. The van der Waals surface area contributed by atoms with E-state index in [9.17, 15) is 22.1 Å². The molecule has 14 aromatic heterocycles. The van der Waals surface area contributed by atoms with E-state index in [1.54, 1.807) is 80.4 Å². The summed E-state index contributed by atoms with van der Waals surface area (Å²) >= 11 is 29.2. The van der Waals surface area contributed by atoms with Crippen LogP contribution < -0.4 is 5.46 Å². The van der Waals surface area contributed by atoms with E-state index in [-0.39, 0.29) is 96.6 Å². The van der Waals surface area contributed by atoms with Crippen LogP contribution in [0.2, 0.25) is 129 Å². The smallest absolute Gasteiger partial charge is 0.512 e.